The minimum atomic E-state index is 0.996. The van der Waals surface area contributed by atoms with Crippen LogP contribution in [0.25, 0.3) is 11.1 Å². The number of rotatable bonds is 1. The molecule has 0 saturated carbocycles. The molecule has 3 heteroatoms. The SMILES string of the molecule is Cc1cc(S)ccc1-c1cnn(C)c1. The van der Waals surface area contributed by atoms with Crippen molar-refractivity contribution in [1.82, 2.24) is 9.78 Å². The lowest BCUT2D eigenvalue weighted by Gasteiger charge is -2.03. The Hall–Kier alpha value is -1.22. The molecule has 0 unspecified atom stereocenters. The third kappa shape index (κ3) is 1.68. The molecule has 0 radical (unpaired) electrons. The van der Waals surface area contributed by atoms with E-state index in [1.165, 1.54) is 11.1 Å². The summed E-state index contributed by atoms with van der Waals surface area (Å²) in [6.45, 7) is 2.09. The zero-order valence-corrected chi connectivity index (χ0v) is 9.12. The molecule has 1 aromatic carbocycles. The van der Waals surface area contributed by atoms with Crippen molar-refractivity contribution in [2.75, 3.05) is 0 Å². The van der Waals surface area contributed by atoms with Gasteiger partial charge in [0.2, 0.25) is 0 Å². The van der Waals surface area contributed by atoms with E-state index in [1.807, 2.05) is 30.2 Å². The van der Waals surface area contributed by atoms with Crippen molar-refractivity contribution >= 4 is 12.6 Å². The average molecular weight is 204 g/mol. The van der Waals surface area contributed by atoms with Gasteiger partial charge in [-0.15, -0.1) is 12.6 Å². The largest absolute Gasteiger partial charge is 0.275 e. The fraction of sp³-hybridized carbons (Fsp3) is 0.182. The van der Waals surface area contributed by atoms with E-state index >= 15 is 0 Å². The maximum atomic E-state index is 4.30. The van der Waals surface area contributed by atoms with Gasteiger partial charge >= 0.3 is 0 Å². The van der Waals surface area contributed by atoms with Crippen molar-refractivity contribution in [3.05, 3.63) is 36.2 Å². The number of thiol groups is 1. The molecule has 0 bridgehead atoms. The van der Waals surface area contributed by atoms with Crippen LogP contribution < -0.4 is 0 Å². The number of hydrogen-bond donors (Lipinski definition) is 1. The van der Waals surface area contributed by atoms with Gasteiger partial charge in [0.15, 0.2) is 0 Å². The van der Waals surface area contributed by atoms with Crippen molar-refractivity contribution in [2.45, 2.75) is 11.8 Å². The Labute approximate surface area is 89.0 Å². The fourth-order valence-electron chi connectivity index (χ4n) is 1.53. The second kappa shape index (κ2) is 3.50. The van der Waals surface area contributed by atoms with E-state index in [-0.39, 0.29) is 0 Å². The lowest BCUT2D eigenvalue weighted by molar-refractivity contribution is 0.768. The first kappa shape index (κ1) is 9.34. The highest BCUT2D eigenvalue weighted by atomic mass is 32.1. The van der Waals surface area contributed by atoms with Gasteiger partial charge in [-0.1, -0.05) is 6.07 Å². The van der Waals surface area contributed by atoms with E-state index in [9.17, 15) is 0 Å². The highest BCUT2D eigenvalue weighted by Gasteiger charge is 2.03. The van der Waals surface area contributed by atoms with Crippen molar-refractivity contribution in [3.63, 3.8) is 0 Å². The molecule has 2 aromatic rings. The fourth-order valence-corrected chi connectivity index (χ4v) is 1.80. The minimum Gasteiger partial charge on any atom is -0.275 e. The standard InChI is InChI=1S/C11H12N2S/c1-8-5-10(14)3-4-11(8)9-6-12-13(2)7-9/h3-7,14H,1-2H3. The molecule has 2 rings (SSSR count). The molecule has 0 spiro atoms. The van der Waals surface area contributed by atoms with E-state index in [1.54, 1.807) is 0 Å². The Bertz CT molecular complexity index is 460. The summed E-state index contributed by atoms with van der Waals surface area (Å²) in [6.07, 6.45) is 3.89. The molecule has 1 heterocycles. The number of aromatic nitrogens is 2. The van der Waals surface area contributed by atoms with Gasteiger partial charge in [0.1, 0.15) is 0 Å². The Morgan fingerprint density at radius 1 is 1.36 bits per heavy atom. The lowest BCUT2D eigenvalue weighted by atomic mass is 10.0. The van der Waals surface area contributed by atoms with Gasteiger partial charge in [-0.05, 0) is 30.2 Å². The normalized spacial score (nSPS) is 10.5. The smallest absolute Gasteiger partial charge is 0.0568 e. The molecule has 0 aliphatic carbocycles. The summed E-state index contributed by atoms with van der Waals surface area (Å²) >= 11 is 4.30. The quantitative estimate of drug-likeness (QED) is 0.707. The third-order valence-corrected chi connectivity index (χ3v) is 2.50. The molecule has 1 aromatic heterocycles. The number of hydrogen-bond acceptors (Lipinski definition) is 2. The van der Waals surface area contributed by atoms with Crippen LogP contribution in [0.4, 0.5) is 0 Å². The molecule has 0 atom stereocenters. The highest BCUT2D eigenvalue weighted by Crippen LogP contribution is 2.24. The summed E-state index contributed by atoms with van der Waals surface area (Å²) in [5.74, 6) is 0. The first-order valence-corrected chi connectivity index (χ1v) is 4.90. The number of benzene rings is 1. The molecule has 2 nitrogen and oxygen atoms in total. The van der Waals surface area contributed by atoms with Crippen molar-refractivity contribution < 1.29 is 0 Å². The minimum absolute atomic E-state index is 0.996. The summed E-state index contributed by atoms with van der Waals surface area (Å²) < 4.78 is 1.81. The molecule has 0 saturated heterocycles. The molecule has 0 amide bonds. The first-order chi connectivity index (χ1) is 6.66. The maximum absolute atomic E-state index is 4.30. The summed E-state index contributed by atoms with van der Waals surface area (Å²) in [6, 6.07) is 6.14. The second-order valence-electron chi connectivity index (χ2n) is 3.40. The van der Waals surface area contributed by atoms with Crippen LogP contribution in [0.1, 0.15) is 5.56 Å². The summed E-state index contributed by atoms with van der Waals surface area (Å²) in [5.41, 5.74) is 3.60. The molecule has 0 aliphatic rings. The van der Waals surface area contributed by atoms with Gasteiger partial charge in [0.25, 0.3) is 0 Å². The van der Waals surface area contributed by atoms with Crippen LogP contribution in [0.15, 0.2) is 35.5 Å². The predicted octanol–water partition coefficient (Wildman–Crippen LogP) is 2.68. The zero-order chi connectivity index (χ0) is 10.1. The van der Waals surface area contributed by atoms with Gasteiger partial charge in [-0.2, -0.15) is 5.10 Å². The maximum Gasteiger partial charge on any atom is 0.0568 e. The molecule has 0 N–H and O–H groups in total. The van der Waals surface area contributed by atoms with E-state index in [4.69, 9.17) is 0 Å². The van der Waals surface area contributed by atoms with E-state index in [0.717, 1.165) is 10.5 Å². The highest BCUT2D eigenvalue weighted by molar-refractivity contribution is 7.80. The Morgan fingerprint density at radius 2 is 2.14 bits per heavy atom. The van der Waals surface area contributed by atoms with E-state index in [2.05, 4.69) is 36.8 Å². The Balaban J connectivity index is 2.52. The van der Waals surface area contributed by atoms with E-state index in [0.29, 0.717) is 0 Å². The van der Waals surface area contributed by atoms with Crippen molar-refractivity contribution in [1.29, 1.82) is 0 Å². The molecule has 14 heavy (non-hydrogen) atoms. The molecule has 72 valence electrons. The van der Waals surface area contributed by atoms with Gasteiger partial charge in [-0.25, -0.2) is 0 Å². The van der Waals surface area contributed by atoms with Crippen molar-refractivity contribution in [2.24, 2.45) is 7.05 Å². The van der Waals surface area contributed by atoms with Gasteiger partial charge < -0.3 is 0 Å². The van der Waals surface area contributed by atoms with Crippen molar-refractivity contribution in [3.8, 4) is 11.1 Å². The van der Waals surface area contributed by atoms with Gasteiger partial charge in [0, 0.05) is 23.7 Å². The van der Waals surface area contributed by atoms with Crippen LogP contribution in [-0.4, -0.2) is 9.78 Å². The van der Waals surface area contributed by atoms with Crippen LogP contribution >= 0.6 is 12.6 Å². The van der Waals surface area contributed by atoms with Crippen LogP contribution in [-0.2, 0) is 7.05 Å². The summed E-state index contributed by atoms with van der Waals surface area (Å²) in [7, 11) is 1.92. The van der Waals surface area contributed by atoms with Crippen LogP contribution in [0.2, 0.25) is 0 Å². The third-order valence-electron chi connectivity index (χ3n) is 2.23. The van der Waals surface area contributed by atoms with Gasteiger partial charge in [0.05, 0.1) is 6.20 Å². The predicted molar refractivity (Wildman–Crippen MR) is 60.6 cm³/mol. The molecule has 0 aliphatic heterocycles. The Kier molecular flexibility index (Phi) is 2.33. The zero-order valence-electron chi connectivity index (χ0n) is 8.23. The van der Waals surface area contributed by atoms with E-state index < -0.39 is 0 Å². The molecular weight excluding hydrogens is 192 g/mol. The molecular formula is C11H12N2S. The number of nitrogens with zero attached hydrogens (tertiary/aromatic N) is 2. The Morgan fingerprint density at radius 3 is 2.71 bits per heavy atom. The monoisotopic (exact) mass is 204 g/mol. The summed E-state index contributed by atoms with van der Waals surface area (Å²) in [5, 5.41) is 4.15. The number of aryl methyl sites for hydroxylation is 2. The van der Waals surface area contributed by atoms with Crippen LogP contribution in [0, 0.1) is 6.92 Å². The lowest BCUT2D eigenvalue weighted by Crippen LogP contribution is -1.84. The topological polar surface area (TPSA) is 17.8 Å². The first-order valence-electron chi connectivity index (χ1n) is 4.45. The van der Waals surface area contributed by atoms with Gasteiger partial charge in [-0.3, -0.25) is 4.68 Å². The second-order valence-corrected chi connectivity index (χ2v) is 3.92. The average Bonchev–Trinajstić information content (AvgIpc) is 2.51. The summed E-state index contributed by atoms with van der Waals surface area (Å²) in [4.78, 5) is 0.996. The molecule has 0 fully saturated rings. The van der Waals surface area contributed by atoms with Crippen LogP contribution in [0.3, 0.4) is 0 Å². The van der Waals surface area contributed by atoms with Crippen LogP contribution in [0.5, 0.6) is 0 Å².